The molecule has 0 unspecified atom stereocenters. The van der Waals surface area contributed by atoms with Gasteiger partial charge in [-0.2, -0.15) is 0 Å². The average Bonchev–Trinajstić information content (AvgIpc) is 2.85. The van der Waals surface area contributed by atoms with Gasteiger partial charge in [0.25, 0.3) is 0 Å². The summed E-state index contributed by atoms with van der Waals surface area (Å²) in [5.74, 6) is -1.06. The van der Waals surface area contributed by atoms with E-state index in [1.165, 1.54) is 39.4 Å². The number of nitrogens with zero attached hydrogens (tertiary/aromatic N) is 3. The Morgan fingerprint density at radius 1 is 0.486 bits per heavy atom. The molecule has 0 N–H and O–H groups in total. The van der Waals surface area contributed by atoms with E-state index in [2.05, 4.69) is 15.0 Å². The molecule has 0 radical (unpaired) electrons. The lowest BCUT2D eigenvalue weighted by molar-refractivity contribution is -0.117. The molecule has 0 aliphatic carbocycles. The Morgan fingerprint density at radius 2 is 0.730 bits per heavy atom. The van der Waals surface area contributed by atoms with Crippen LogP contribution >= 0.6 is 0 Å². The van der Waals surface area contributed by atoms with Gasteiger partial charge in [0, 0.05) is 18.6 Å². The molecule has 0 spiro atoms. The quantitative estimate of drug-likeness (QED) is 0.237. The zero-order valence-corrected chi connectivity index (χ0v) is 20.3. The van der Waals surface area contributed by atoms with Gasteiger partial charge >= 0.3 is 0 Å². The lowest BCUT2D eigenvalue weighted by Crippen LogP contribution is -2.06. The first-order chi connectivity index (χ1) is 17.1. The summed E-state index contributed by atoms with van der Waals surface area (Å²) in [6.45, 7) is 4.17. The van der Waals surface area contributed by atoms with Crippen molar-refractivity contribution >= 4 is 52.1 Å². The summed E-state index contributed by atoms with van der Waals surface area (Å²) in [5, 5.41) is 0. The number of hydrogen-bond donors (Lipinski definition) is 0. The molecule has 0 atom stereocenters. The highest BCUT2D eigenvalue weighted by Gasteiger charge is 2.09. The van der Waals surface area contributed by atoms with Crippen molar-refractivity contribution in [3.05, 3.63) is 90.3 Å². The zero-order valence-electron chi connectivity index (χ0n) is 20.3. The molecule has 0 saturated heterocycles. The van der Waals surface area contributed by atoms with Crippen molar-refractivity contribution in [3.63, 3.8) is 0 Å². The Hall–Kier alpha value is -4.00. The van der Waals surface area contributed by atoms with E-state index in [1.807, 2.05) is 0 Å². The number of pyridine rings is 3. The van der Waals surface area contributed by atoms with Gasteiger partial charge in [-0.05, 0) is 57.2 Å². The molecular weight excluding hydrogens is 489 g/mol. The molecule has 9 nitrogen and oxygen atoms in total. The molecule has 3 aromatic rings. The molecule has 10 heteroatoms. The van der Waals surface area contributed by atoms with Crippen LogP contribution in [0.1, 0.15) is 71.5 Å². The summed E-state index contributed by atoms with van der Waals surface area (Å²) in [6, 6.07) is 15.2. The van der Waals surface area contributed by atoms with Crippen molar-refractivity contribution in [2.24, 2.45) is 0 Å². The van der Waals surface area contributed by atoms with Crippen LogP contribution in [-0.2, 0) is 14.4 Å². The molecule has 0 saturated carbocycles. The zero-order chi connectivity index (χ0) is 26.9. The summed E-state index contributed by atoms with van der Waals surface area (Å²) < 4.78 is 0. The predicted octanol–water partition coefficient (Wildman–Crippen LogP) is 2.55. The van der Waals surface area contributed by atoms with E-state index in [9.17, 15) is 28.8 Å². The maximum atomic E-state index is 11.2. The van der Waals surface area contributed by atoms with Crippen LogP contribution in [0.2, 0.25) is 0 Å². The van der Waals surface area contributed by atoms with Crippen molar-refractivity contribution in [2.75, 3.05) is 0 Å². The van der Waals surface area contributed by atoms with E-state index in [0.29, 0.717) is 17.1 Å². The summed E-state index contributed by atoms with van der Waals surface area (Å²) >= 11 is 0. The van der Waals surface area contributed by atoms with Crippen molar-refractivity contribution in [3.8, 4) is 0 Å². The lowest BCUT2D eigenvalue weighted by atomic mass is 10.1. The second kappa shape index (κ2) is 18.3. The van der Waals surface area contributed by atoms with Gasteiger partial charge in [0.1, 0.15) is 34.4 Å². The number of Topliss-reactive ketones (excluding diaryl/α,β-unsaturated/α-hetero) is 6. The highest BCUT2D eigenvalue weighted by atomic mass is 27.0. The summed E-state index contributed by atoms with van der Waals surface area (Å²) in [4.78, 5) is 76.7. The fourth-order valence-electron chi connectivity index (χ4n) is 2.53. The Bertz CT molecular complexity index is 1040. The lowest BCUT2D eigenvalue weighted by Gasteiger charge is -1.94. The first-order valence-electron chi connectivity index (χ1n) is 10.9. The number of hydrogen-bond acceptors (Lipinski definition) is 9. The van der Waals surface area contributed by atoms with Gasteiger partial charge in [-0.1, -0.05) is 18.2 Å². The average molecular weight is 520 g/mol. The third-order valence-corrected chi connectivity index (χ3v) is 4.08. The van der Waals surface area contributed by atoms with Gasteiger partial charge in [-0.3, -0.25) is 43.7 Å². The molecule has 0 aromatic carbocycles. The molecule has 0 amide bonds. The highest BCUT2D eigenvalue weighted by molar-refractivity contribution is 6.07. The van der Waals surface area contributed by atoms with Crippen LogP contribution in [0.3, 0.4) is 0 Å². The minimum Gasteiger partial charge on any atom is -0.300 e. The standard InChI is InChI=1S/3C9H9NO2.Al.3H/c3*1-7(11)6-9(12)8-4-2-3-5-10-8;;;;/h3*2-5H,6H2,1H3;;;;. The maximum absolute atomic E-state index is 11.2. The van der Waals surface area contributed by atoms with Crippen molar-refractivity contribution in [2.45, 2.75) is 40.0 Å². The van der Waals surface area contributed by atoms with Gasteiger partial charge in [-0.15, -0.1) is 0 Å². The second-order valence-electron chi connectivity index (χ2n) is 7.55. The Kier molecular flexibility index (Phi) is 16.3. The Labute approximate surface area is 225 Å². The van der Waals surface area contributed by atoms with Crippen molar-refractivity contribution in [1.82, 2.24) is 15.0 Å². The molecule has 37 heavy (non-hydrogen) atoms. The smallest absolute Gasteiger partial charge is 0.188 e. The van der Waals surface area contributed by atoms with Crippen LogP contribution in [-0.4, -0.2) is 67.0 Å². The van der Waals surface area contributed by atoms with Crippen molar-refractivity contribution < 1.29 is 28.8 Å². The number of rotatable bonds is 9. The van der Waals surface area contributed by atoms with Gasteiger partial charge < -0.3 is 0 Å². The van der Waals surface area contributed by atoms with Crippen LogP contribution in [0.25, 0.3) is 0 Å². The number of carbonyl (C=O) groups excluding carboxylic acids is 6. The molecule has 3 aromatic heterocycles. The largest absolute Gasteiger partial charge is 0.300 e. The Balaban J connectivity index is 0.000000518. The fraction of sp³-hybridized carbons (Fsp3) is 0.222. The second-order valence-corrected chi connectivity index (χ2v) is 7.55. The van der Waals surface area contributed by atoms with Crippen LogP contribution in [0.5, 0.6) is 0 Å². The number of ketones is 6. The van der Waals surface area contributed by atoms with E-state index in [-0.39, 0.29) is 71.3 Å². The Morgan fingerprint density at radius 3 is 0.892 bits per heavy atom. The maximum Gasteiger partial charge on any atom is 0.188 e. The summed E-state index contributed by atoms with van der Waals surface area (Å²) in [6.07, 6.45) is 4.43. The first kappa shape index (κ1) is 33.0. The third kappa shape index (κ3) is 14.9. The van der Waals surface area contributed by atoms with Crippen LogP contribution in [0.4, 0.5) is 0 Å². The number of aromatic nitrogens is 3. The van der Waals surface area contributed by atoms with E-state index in [4.69, 9.17) is 0 Å². The van der Waals surface area contributed by atoms with E-state index < -0.39 is 0 Å². The van der Waals surface area contributed by atoms with Crippen LogP contribution < -0.4 is 0 Å². The van der Waals surface area contributed by atoms with Gasteiger partial charge in [0.2, 0.25) is 0 Å². The van der Waals surface area contributed by atoms with Crippen molar-refractivity contribution in [1.29, 1.82) is 0 Å². The molecule has 0 aliphatic heterocycles. The number of carbonyl (C=O) groups is 6. The first-order valence-corrected chi connectivity index (χ1v) is 10.9. The summed E-state index contributed by atoms with van der Waals surface area (Å²) in [7, 11) is 0. The minimum absolute atomic E-state index is 0. The minimum atomic E-state index is -0.219. The van der Waals surface area contributed by atoms with E-state index in [0.717, 1.165) is 0 Å². The van der Waals surface area contributed by atoms with E-state index in [1.54, 1.807) is 54.6 Å². The van der Waals surface area contributed by atoms with Gasteiger partial charge in [0.15, 0.2) is 34.7 Å². The third-order valence-electron chi connectivity index (χ3n) is 4.08. The topological polar surface area (TPSA) is 141 Å². The summed E-state index contributed by atoms with van der Waals surface area (Å²) in [5.41, 5.74) is 1.06. The molecule has 0 aliphatic rings. The highest BCUT2D eigenvalue weighted by Crippen LogP contribution is 2.00. The molecule has 0 fully saturated rings. The predicted molar refractivity (Wildman–Crippen MR) is 142 cm³/mol. The molecule has 3 rings (SSSR count). The van der Waals surface area contributed by atoms with Gasteiger partial charge in [-0.25, -0.2) is 0 Å². The molecule has 192 valence electrons. The fourth-order valence-corrected chi connectivity index (χ4v) is 2.53. The normalized spacial score (nSPS) is 9.16. The van der Waals surface area contributed by atoms with Crippen LogP contribution in [0.15, 0.2) is 73.2 Å². The molecule has 0 bridgehead atoms. The molecular formula is C27H30AlN3O6. The SMILES string of the molecule is CC(=O)CC(=O)c1ccccn1.CC(=O)CC(=O)c1ccccn1.CC(=O)CC(=O)c1ccccn1.[AlH3]. The van der Waals surface area contributed by atoms with E-state index >= 15 is 0 Å². The van der Waals surface area contributed by atoms with Gasteiger partial charge in [0.05, 0.1) is 19.3 Å². The molecule has 3 heterocycles. The van der Waals surface area contributed by atoms with Crippen LogP contribution in [0, 0.1) is 0 Å². The monoisotopic (exact) mass is 519 g/mol.